The predicted molar refractivity (Wildman–Crippen MR) is 145 cm³/mol. The zero-order chi connectivity index (χ0) is 24.1. The molecule has 0 radical (unpaired) electrons. The van der Waals surface area contributed by atoms with Crippen LogP contribution in [-0.4, -0.2) is 38.9 Å². The molecule has 2 saturated carbocycles. The Balaban J connectivity index is 1.53. The quantitative estimate of drug-likeness (QED) is 0.218. The van der Waals surface area contributed by atoms with Crippen LogP contribution in [0, 0.1) is 35.0 Å². The van der Waals surface area contributed by atoms with E-state index >= 15 is 0 Å². The maximum Gasteiger partial charge on any atom is 0.188 e. The Kier molecular flexibility index (Phi) is 8.13. The number of hydrogen-bond acceptors (Lipinski definition) is 5. The summed E-state index contributed by atoms with van der Waals surface area (Å²) in [7, 11) is 3.74. The Bertz CT molecular complexity index is 1090. The molecule has 2 aromatic heterocycles. The maximum atomic E-state index is 13.9. The van der Waals surface area contributed by atoms with Gasteiger partial charge >= 0.3 is 0 Å². The summed E-state index contributed by atoms with van der Waals surface area (Å²) in [5.41, 5.74) is 5.98. The fourth-order valence-electron chi connectivity index (χ4n) is 6.11. The Morgan fingerprint density at radius 2 is 1.85 bits per heavy atom. The summed E-state index contributed by atoms with van der Waals surface area (Å²) < 4.78 is 0. The lowest BCUT2D eigenvalue weighted by atomic mass is 9.60. The van der Waals surface area contributed by atoms with Gasteiger partial charge < -0.3 is 16.4 Å². The Morgan fingerprint density at radius 1 is 1.12 bits per heavy atom. The van der Waals surface area contributed by atoms with Crippen molar-refractivity contribution < 1.29 is 4.79 Å². The van der Waals surface area contributed by atoms with Crippen LogP contribution in [0.25, 0.3) is 9.75 Å². The lowest BCUT2D eigenvalue weighted by Crippen LogP contribution is -2.44. The third-order valence-electron chi connectivity index (χ3n) is 7.61. The SMILES string of the molecule is CC#Cc1ccc(-c2ccc(C(=O)[C@@H]3CC[C@H](CNC(N)=NC)C[C@]34CC[C@H](CNC)C4)s2)s1. The number of guanidine groups is 1. The maximum absolute atomic E-state index is 13.9. The van der Waals surface area contributed by atoms with E-state index in [1.165, 1.54) is 16.2 Å². The van der Waals surface area contributed by atoms with Gasteiger partial charge in [-0.25, -0.2) is 0 Å². The molecule has 0 aromatic carbocycles. The van der Waals surface area contributed by atoms with E-state index in [9.17, 15) is 4.79 Å². The molecule has 2 heterocycles. The highest BCUT2D eigenvalue weighted by Gasteiger charge is 2.51. The van der Waals surface area contributed by atoms with Gasteiger partial charge in [-0.05, 0) is 101 Å². The summed E-state index contributed by atoms with van der Waals surface area (Å²) in [6.07, 6.45) is 6.60. The van der Waals surface area contributed by atoms with Crippen LogP contribution in [0.5, 0.6) is 0 Å². The molecule has 34 heavy (non-hydrogen) atoms. The number of carbonyl (C=O) groups excluding carboxylic acids is 1. The number of nitrogens with zero attached hydrogens (tertiary/aromatic N) is 1. The first-order valence-corrected chi connectivity index (χ1v) is 13.9. The third kappa shape index (κ3) is 5.40. The monoisotopic (exact) mass is 496 g/mol. The molecule has 4 N–H and O–H groups in total. The number of nitrogens with one attached hydrogen (secondary N) is 2. The molecule has 0 bridgehead atoms. The molecule has 2 aliphatic carbocycles. The van der Waals surface area contributed by atoms with Crippen LogP contribution in [0.1, 0.15) is 60.0 Å². The second-order valence-corrected chi connectivity index (χ2v) is 12.0. The fourth-order valence-corrected chi connectivity index (χ4v) is 8.11. The molecular formula is C27H36N4OS2. The second kappa shape index (κ2) is 11.1. The number of rotatable bonds is 7. The normalized spacial score (nSPS) is 26.9. The van der Waals surface area contributed by atoms with Crippen LogP contribution in [0.3, 0.4) is 0 Å². The summed E-state index contributed by atoms with van der Waals surface area (Å²) in [6, 6.07) is 8.35. The zero-order valence-corrected chi connectivity index (χ0v) is 22.1. The van der Waals surface area contributed by atoms with Crippen molar-refractivity contribution in [1.82, 2.24) is 10.6 Å². The molecule has 2 aromatic rings. The summed E-state index contributed by atoms with van der Waals surface area (Å²) in [5, 5.41) is 6.64. The third-order valence-corrected chi connectivity index (χ3v) is 9.91. The summed E-state index contributed by atoms with van der Waals surface area (Å²) in [5.74, 6) is 8.24. The average Bonchev–Trinajstić information content (AvgIpc) is 3.58. The molecule has 0 aliphatic heterocycles. The van der Waals surface area contributed by atoms with Crippen molar-refractivity contribution in [3.05, 3.63) is 34.0 Å². The van der Waals surface area contributed by atoms with E-state index in [2.05, 4.69) is 45.7 Å². The molecule has 7 heteroatoms. The molecule has 4 rings (SSSR count). The Hall–Kier alpha value is -2.14. The minimum absolute atomic E-state index is 0.0955. The minimum Gasteiger partial charge on any atom is -0.370 e. The van der Waals surface area contributed by atoms with E-state index in [-0.39, 0.29) is 11.3 Å². The van der Waals surface area contributed by atoms with E-state index in [1.807, 2.05) is 20.0 Å². The van der Waals surface area contributed by atoms with Crippen molar-refractivity contribution in [3.8, 4) is 21.6 Å². The summed E-state index contributed by atoms with van der Waals surface area (Å²) in [4.78, 5) is 22.3. The van der Waals surface area contributed by atoms with Gasteiger partial charge in [0.15, 0.2) is 11.7 Å². The smallest absolute Gasteiger partial charge is 0.188 e. The number of hydrogen-bond donors (Lipinski definition) is 3. The highest BCUT2D eigenvalue weighted by atomic mass is 32.1. The van der Waals surface area contributed by atoms with Crippen LogP contribution in [-0.2, 0) is 0 Å². The minimum atomic E-state index is 0.0955. The number of thiophene rings is 2. The number of Topliss-reactive ketones (excluding diaryl/α,β-unsaturated/α-hetero) is 1. The molecule has 2 fully saturated rings. The predicted octanol–water partition coefficient (Wildman–Crippen LogP) is 4.99. The van der Waals surface area contributed by atoms with Crippen molar-refractivity contribution in [3.63, 3.8) is 0 Å². The van der Waals surface area contributed by atoms with E-state index in [0.717, 1.165) is 54.9 Å². The van der Waals surface area contributed by atoms with Gasteiger partial charge in [-0.15, -0.1) is 28.6 Å². The van der Waals surface area contributed by atoms with Gasteiger partial charge in [-0.1, -0.05) is 5.92 Å². The van der Waals surface area contributed by atoms with Gasteiger partial charge in [0.1, 0.15) is 0 Å². The lowest BCUT2D eigenvalue weighted by molar-refractivity contribution is 0.0458. The standard InChI is InChI=1S/C27H36N4OS2/c1-4-5-20-7-9-22(33-20)23-10-11-24(34-23)25(32)21-8-6-18(17-31-26(28)30-3)14-27(21)13-12-19(15-27)16-29-2/h7,9-11,18-19,21,29H,6,8,12-17H2,1-3H3,(H3,28,30,31)/t18-,19-,21-,27-/m0/s1. The zero-order valence-electron chi connectivity index (χ0n) is 20.4. The summed E-state index contributed by atoms with van der Waals surface area (Å²) in [6.45, 7) is 3.73. The first-order chi connectivity index (χ1) is 16.5. The molecule has 182 valence electrons. The van der Waals surface area contributed by atoms with Gasteiger partial charge in [0.25, 0.3) is 0 Å². The molecule has 5 nitrogen and oxygen atoms in total. The highest BCUT2D eigenvalue weighted by molar-refractivity contribution is 7.23. The van der Waals surface area contributed by atoms with Crippen LogP contribution in [0.4, 0.5) is 0 Å². The van der Waals surface area contributed by atoms with Crippen LogP contribution in [0.15, 0.2) is 29.3 Å². The molecule has 4 atom stereocenters. The van der Waals surface area contributed by atoms with Gasteiger partial charge in [0, 0.05) is 29.3 Å². The Labute approximate surface area is 211 Å². The van der Waals surface area contributed by atoms with Crippen molar-refractivity contribution in [2.24, 2.45) is 33.9 Å². The van der Waals surface area contributed by atoms with E-state index in [0.29, 0.717) is 23.6 Å². The number of nitrogens with two attached hydrogens (primary N) is 1. The average molecular weight is 497 g/mol. The van der Waals surface area contributed by atoms with E-state index in [1.54, 1.807) is 29.7 Å². The Morgan fingerprint density at radius 3 is 2.59 bits per heavy atom. The molecule has 0 amide bonds. The number of ketones is 1. The van der Waals surface area contributed by atoms with E-state index in [4.69, 9.17) is 5.73 Å². The number of carbonyl (C=O) groups is 1. The molecule has 2 aliphatic rings. The van der Waals surface area contributed by atoms with Crippen molar-refractivity contribution in [2.45, 2.75) is 45.4 Å². The van der Waals surface area contributed by atoms with Crippen LogP contribution in [0.2, 0.25) is 0 Å². The first-order valence-electron chi connectivity index (χ1n) is 12.3. The van der Waals surface area contributed by atoms with Gasteiger partial charge in [0.2, 0.25) is 0 Å². The first kappa shape index (κ1) is 25.0. The lowest BCUT2D eigenvalue weighted by Gasteiger charge is -2.44. The number of aliphatic imine (C=N–C) groups is 1. The molecular weight excluding hydrogens is 460 g/mol. The van der Waals surface area contributed by atoms with Crippen molar-refractivity contribution in [2.75, 3.05) is 27.2 Å². The van der Waals surface area contributed by atoms with E-state index < -0.39 is 0 Å². The van der Waals surface area contributed by atoms with Gasteiger partial charge in [-0.2, -0.15) is 0 Å². The molecule has 1 spiro atoms. The largest absolute Gasteiger partial charge is 0.370 e. The molecule has 0 saturated heterocycles. The van der Waals surface area contributed by atoms with Crippen molar-refractivity contribution in [1.29, 1.82) is 0 Å². The topological polar surface area (TPSA) is 79.5 Å². The van der Waals surface area contributed by atoms with Crippen LogP contribution < -0.4 is 16.4 Å². The molecule has 0 unspecified atom stereocenters. The second-order valence-electron chi connectivity index (χ2n) is 9.79. The highest BCUT2D eigenvalue weighted by Crippen LogP contribution is 2.56. The fraction of sp³-hybridized carbons (Fsp3) is 0.556. The van der Waals surface area contributed by atoms with Crippen LogP contribution >= 0.6 is 22.7 Å². The summed E-state index contributed by atoms with van der Waals surface area (Å²) >= 11 is 3.34. The van der Waals surface area contributed by atoms with Gasteiger partial charge in [-0.3, -0.25) is 9.79 Å². The van der Waals surface area contributed by atoms with Crippen molar-refractivity contribution >= 4 is 34.4 Å². The van der Waals surface area contributed by atoms with Gasteiger partial charge in [0.05, 0.1) is 9.75 Å².